The predicted molar refractivity (Wildman–Crippen MR) is 179 cm³/mol. The van der Waals surface area contributed by atoms with Crippen molar-refractivity contribution in [3.63, 3.8) is 0 Å². The van der Waals surface area contributed by atoms with Crippen molar-refractivity contribution < 1.29 is 27.5 Å². The van der Waals surface area contributed by atoms with Crippen LogP contribution in [0, 0.1) is 6.92 Å². The van der Waals surface area contributed by atoms with Crippen LogP contribution in [0.4, 0.5) is 5.69 Å². The highest BCUT2D eigenvalue weighted by Crippen LogP contribution is 2.34. The van der Waals surface area contributed by atoms with Gasteiger partial charge in [-0.1, -0.05) is 85.3 Å². The second-order valence-electron chi connectivity index (χ2n) is 10.9. The van der Waals surface area contributed by atoms with Crippen LogP contribution < -0.4 is 19.1 Å². The van der Waals surface area contributed by atoms with E-state index in [1.54, 1.807) is 30.3 Å². The van der Waals surface area contributed by atoms with E-state index in [1.807, 2.05) is 68.4 Å². The fraction of sp³-hybridized carbons (Fsp3) is 0.278. The third-order valence-corrected chi connectivity index (χ3v) is 9.31. The Morgan fingerprint density at radius 2 is 1.46 bits per heavy atom. The summed E-state index contributed by atoms with van der Waals surface area (Å²) in [5.41, 5.74) is 2.90. The summed E-state index contributed by atoms with van der Waals surface area (Å²) in [6.45, 7) is 3.89. The molecule has 0 saturated carbocycles. The number of benzene rings is 4. The Balaban J connectivity index is 1.83. The summed E-state index contributed by atoms with van der Waals surface area (Å²) in [5, 5.41) is 2.96. The zero-order valence-corrected chi connectivity index (χ0v) is 27.5. The van der Waals surface area contributed by atoms with Crippen LogP contribution in [-0.2, 0) is 32.6 Å². The number of sulfonamides is 1. The molecule has 2 amide bonds. The Morgan fingerprint density at radius 3 is 2.09 bits per heavy atom. The van der Waals surface area contributed by atoms with Gasteiger partial charge >= 0.3 is 0 Å². The molecule has 0 fully saturated rings. The lowest BCUT2D eigenvalue weighted by Crippen LogP contribution is -2.53. The molecule has 10 heteroatoms. The molecule has 0 radical (unpaired) electrons. The zero-order valence-electron chi connectivity index (χ0n) is 26.7. The van der Waals surface area contributed by atoms with Crippen molar-refractivity contribution in [2.75, 3.05) is 31.6 Å². The number of hydrogen-bond acceptors (Lipinski definition) is 6. The second-order valence-corrected chi connectivity index (χ2v) is 12.7. The molecule has 1 N–H and O–H groups in total. The zero-order chi connectivity index (χ0) is 33.1. The number of carbonyl (C=O) groups excluding carboxylic acids is 2. The van der Waals surface area contributed by atoms with E-state index in [9.17, 15) is 18.0 Å². The molecule has 0 heterocycles. The quantitative estimate of drug-likeness (QED) is 0.187. The minimum Gasteiger partial charge on any atom is -0.493 e. The van der Waals surface area contributed by atoms with E-state index < -0.39 is 28.5 Å². The molecule has 0 aromatic heterocycles. The maximum absolute atomic E-state index is 14.6. The van der Waals surface area contributed by atoms with E-state index in [0.717, 1.165) is 27.4 Å². The van der Waals surface area contributed by atoms with Crippen LogP contribution in [-0.4, -0.2) is 58.5 Å². The van der Waals surface area contributed by atoms with Crippen molar-refractivity contribution in [3.8, 4) is 11.5 Å². The fourth-order valence-electron chi connectivity index (χ4n) is 5.16. The summed E-state index contributed by atoms with van der Waals surface area (Å²) >= 11 is 0. The van der Waals surface area contributed by atoms with Gasteiger partial charge in [0, 0.05) is 25.6 Å². The Bertz CT molecular complexity index is 1710. The minimum atomic E-state index is -4.24. The van der Waals surface area contributed by atoms with Crippen molar-refractivity contribution in [1.29, 1.82) is 0 Å². The van der Waals surface area contributed by atoms with E-state index >= 15 is 0 Å². The lowest BCUT2D eigenvalue weighted by Gasteiger charge is -2.34. The molecule has 0 bridgehead atoms. The highest BCUT2D eigenvalue weighted by molar-refractivity contribution is 7.92. The summed E-state index contributed by atoms with van der Waals surface area (Å²) in [6.07, 6.45) is 0.966. The van der Waals surface area contributed by atoms with Gasteiger partial charge in [0.1, 0.15) is 12.6 Å². The first-order valence-electron chi connectivity index (χ1n) is 15.1. The molecule has 0 aliphatic heterocycles. The van der Waals surface area contributed by atoms with Gasteiger partial charge in [-0.05, 0) is 48.7 Å². The largest absolute Gasteiger partial charge is 0.493 e. The molecule has 46 heavy (non-hydrogen) atoms. The van der Waals surface area contributed by atoms with E-state index in [2.05, 4.69) is 5.32 Å². The third-order valence-electron chi connectivity index (χ3n) is 7.52. The number of nitrogens with zero attached hydrogens (tertiary/aromatic N) is 2. The Kier molecular flexibility index (Phi) is 11.8. The molecular weight excluding hydrogens is 602 g/mol. The number of methoxy groups -OCH3 is 2. The SMILES string of the molecule is CCCNC(=O)C(Cc1ccccc1)N(Cc1cccc(C)c1)C(=O)CN(c1ccc(OC)c(OC)c1)S(=O)(=O)c1ccccc1. The van der Waals surface area contributed by atoms with E-state index in [-0.39, 0.29) is 29.5 Å². The smallest absolute Gasteiger partial charge is 0.264 e. The van der Waals surface area contributed by atoms with Gasteiger partial charge in [-0.3, -0.25) is 13.9 Å². The maximum atomic E-state index is 14.6. The van der Waals surface area contributed by atoms with Crippen LogP contribution in [0.3, 0.4) is 0 Å². The minimum absolute atomic E-state index is 0.0179. The summed E-state index contributed by atoms with van der Waals surface area (Å²) in [7, 11) is -1.30. The molecule has 9 nitrogen and oxygen atoms in total. The van der Waals surface area contributed by atoms with Gasteiger partial charge in [-0.15, -0.1) is 0 Å². The lowest BCUT2D eigenvalue weighted by atomic mass is 10.0. The van der Waals surface area contributed by atoms with Crippen LogP contribution in [0.5, 0.6) is 11.5 Å². The summed E-state index contributed by atoms with van der Waals surface area (Å²) in [5.74, 6) is -0.136. The normalized spacial score (nSPS) is 11.7. The molecular formula is C36H41N3O6S. The van der Waals surface area contributed by atoms with Crippen LogP contribution in [0.2, 0.25) is 0 Å². The highest BCUT2D eigenvalue weighted by Gasteiger charge is 2.35. The monoisotopic (exact) mass is 643 g/mol. The van der Waals surface area contributed by atoms with Crippen LogP contribution >= 0.6 is 0 Å². The maximum Gasteiger partial charge on any atom is 0.264 e. The van der Waals surface area contributed by atoms with Crippen molar-refractivity contribution >= 4 is 27.5 Å². The molecule has 242 valence electrons. The molecule has 1 unspecified atom stereocenters. The molecule has 4 aromatic carbocycles. The number of amides is 2. The van der Waals surface area contributed by atoms with Gasteiger partial charge in [0.05, 0.1) is 24.8 Å². The number of hydrogen-bond donors (Lipinski definition) is 1. The highest BCUT2D eigenvalue weighted by atomic mass is 32.2. The first-order chi connectivity index (χ1) is 22.2. The second kappa shape index (κ2) is 15.9. The van der Waals surface area contributed by atoms with E-state index in [0.29, 0.717) is 18.0 Å². The summed E-state index contributed by atoms with van der Waals surface area (Å²) < 4.78 is 40.3. The summed E-state index contributed by atoms with van der Waals surface area (Å²) in [6, 6.07) is 28.9. The fourth-order valence-corrected chi connectivity index (χ4v) is 6.58. The van der Waals surface area contributed by atoms with E-state index in [4.69, 9.17) is 9.47 Å². The lowest BCUT2D eigenvalue weighted by molar-refractivity contribution is -0.140. The Hall–Kier alpha value is -4.83. The predicted octanol–water partition coefficient (Wildman–Crippen LogP) is 5.37. The molecule has 0 saturated heterocycles. The summed E-state index contributed by atoms with van der Waals surface area (Å²) in [4.78, 5) is 29.8. The molecule has 0 aliphatic rings. The first kappa shape index (κ1) is 34.1. The first-order valence-corrected chi connectivity index (χ1v) is 16.6. The molecule has 0 aliphatic carbocycles. The van der Waals surface area contributed by atoms with Crippen molar-refractivity contribution in [2.45, 2.75) is 44.2 Å². The number of anilines is 1. The standard InChI is InChI=1S/C36H41N3O6S/c1-5-21-37-36(41)32(23-28-14-8-6-9-15-28)38(25-29-16-12-13-27(2)22-29)35(40)26-39(46(42,43)31-17-10-7-11-18-31)30-19-20-33(44-3)34(24-30)45-4/h6-20,22,24,32H,5,21,23,25-26H2,1-4H3,(H,37,41). The number of ether oxygens (including phenoxy) is 2. The third kappa shape index (κ3) is 8.45. The van der Waals surface area contributed by atoms with Gasteiger partial charge in [0.25, 0.3) is 10.0 Å². The van der Waals surface area contributed by atoms with Gasteiger partial charge in [-0.25, -0.2) is 8.42 Å². The van der Waals surface area contributed by atoms with Crippen LogP contribution in [0.15, 0.2) is 108 Å². The van der Waals surface area contributed by atoms with Gasteiger partial charge < -0.3 is 19.7 Å². The van der Waals surface area contributed by atoms with Gasteiger partial charge in [-0.2, -0.15) is 0 Å². The average molecular weight is 644 g/mol. The van der Waals surface area contributed by atoms with Crippen LogP contribution in [0.1, 0.15) is 30.0 Å². The topological polar surface area (TPSA) is 105 Å². The Labute approximate surface area is 271 Å². The van der Waals surface area contributed by atoms with Crippen molar-refractivity contribution in [1.82, 2.24) is 10.2 Å². The van der Waals surface area contributed by atoms with Gasteiger partial charge in [0.2, 0.25) is 11.8 Å². The molecule has 4 aromatic rings. The van der Waals surface area contributed by atoms with Gasteiger partial charge in [0.15, 0.2) is 11.5 Å². The number of rotatable bonds is 15. The molecule has 0 spiro atoms. The molecule has 1 atom stereocenters. The van der Waals surface area contributed by atoms with E-state index in [1.165, 1.54) is 37.3 Å². The molecule has 4 rings (SSSR count). The van der Waals surface area contributed by atoms with Crippen molar-refractivity contribution in [2.24, 2.45) is 0 Å². The number of nitrogens with one attached hydrogen (secondary N) is 1. The van der Waals surface area contributed by atoms with Crippen molar-refractivity contribution in [3.05, 3.63) is 120 Å². The number of carbonyl (C=O) groups is 2. The average Bonchev–Trinajstić information content (AvgIpc) is 3.08. The Morgan fingerprint density at radius 1 is 0.804 bits per heavy atom. The number of aryl methyl sites for hydroxylation is 1. The van der Waals surface area contributed by atoms with Crippen LogP contribution in [0.25, 0.3) is 0 Å².